The van der Waals surface area contributed by atoms with Gasteiger partial charge in [0.1, 0.15) is 10.6 Å². The van der Waals surface area contributed by atoms with E-state index in [1.54, 1.807) is 6.92 Å². The molecule has 2 rings (SSSR count). The summed E-state index contributed by atoms with van der Waals surface area (Å²) in [5, 5.41) is 6.57. The zero-order valence-electron chi connectivity index (χ0n) is 15.5. The van der Waals surface area contributed by atoms with Crippen LogP contribution in [0, 0.1) is 13.8 Å². The van der Waals surface area contributed by atoms with E-state index in [0.29, 0.717) is 5.69 Å². The molecule has 0 aliphatic carbocycles. The molecule has 8 heteroatoms. The molecule has 2 N–H and O–H groups in total. The maximum atomic E-state index is 12.3. The molecule has 0 unspecified atom stereocenters. The molecule has 0 atom stereocenters. The van der Waals surface area contributed by atoms with Crippen LogP contribution in [-0.4, -0.2) is 26.0 Å². The lowest BCUT2D eigenvalue weighted by molar-refractivity contribution is -0.116. The van der Waals surface area contributed by atoms with Gasteiger partial charge < -0.3 is 9.84 Å². The molecule has 0 saturated carbocycles. The summed E-state index contributed by atoms with van der Waals surface area (Å²) in [5.74, 6) is -0.00836. The number of hydrogen-bond donors (Lipinski definition) is 2. The third kappa shape index (κ3) is 4.50. The highest BCUT2D eigenvalue weighted by Gasteiger charge is 2.24. The molecular weight excluding hydrogens is 354 g/mol. The van der Waals surface area contributed by atoms with Crippen molar-refractivity contribution in [2.45, 2.75) is 51.9 Å². The monoisotopic (exact) mass is 379 g/mol. The highest BCUT2D eigenvalue weighted by Crippen LogP contribution is 2.23. The van der Waals surface area contributed by atoms with Gasteiger partial charge in [-0.2, -0.15) is 0 Å². The Hall–Kier alpha value is -2.19. The number of rotatable bonds is 8. The van der Waals surface area contributed by atoms with Crippen LogP contribution in [0.1, 0.15) is 42.8 Å². The first-order valence-electron chi connectivity index (χ1n) is 8.63. The van der Waals surface area contributed by atoms with Crippen molar-refractivity contribution in [3.05, 3.63) is 40.8 Å². The Morgan fingerprint density at radius 2 is 1.77 bits per heavy atom. The third-order valence-electron chi connectivity index (χ3n) is 4.14. The van der Waals surface area contributed by atoms with E-state index in [4.69, 9.17) is 4.52 Å². The lowest BCUT2D eigenvalue weighted by atomic mass is 10.0. The molecule has 0 saturated heterocycles. The van der Waals surface area contributed by atoms with Gasteiger partial charge in [-0.15, -0.1) is 0 Å². The number of aromatic nitrogens is 1. The van der Waals surface area contributed by atoms with E-state index in [1.165, 1.54) is 6.92 Å². The van der Waals surface area contributed by atoms with Crippen LogP contribution in [-0.2, 0) is 27.7 Å². The van der Waals surface area contributed by atoms with E-state index in [1.807, 2.05) is 32.0 Å². The maximum Gasteiger partial charge on any atom is 0.245 e. The molecule has 1 amide bonds. The van der Waals surface area contributed by atoms with Crippen LogP contribution in [0.3, 0.4) is 0 Å². The van der Waals surface area contributed by atoms with Crippen LogP contribution >= 0.6 is 0 Å². The van der Waals surface area contributed by atoms with Crippen molar-refractivity contribution in [2.75, 3.05) is 11.9 Å². The molecular formula is C18H25N3O4S. The summed E-state index contributed by atoms with van der Waals surface area (Å²) in [4.78, 5) is 12.3. The van der Waals surface area contributed by atoms with Gasteiger partial charge in [0.05, 0.1) is 0 Å². The van der Waals surface area contributed by atoms with Crippen LogP contribution in [0.5, 0.6) is 0 Å². The second kappa shape index (κ2) is 8.46. The SMILES string of the molecule is CCc1cccc(CC)c1NC(=O)CCNS(=O)(=O)c1c(C)noc1C. The van der Waals surface area contributed by atoms with Crippen molar-refractivity contribution in [3.63, 3.8) is 0 Å². The Bertz CT molecular complexity index is 846. The molecule has 0 radical (unpaired) electrons. The van der Waals surface area contributed by atoms with Crippen molar-refractivity contribution in [2.24, 2.45) is 0 Å². The molecule has 1 aromatic heterocycles. The molecule has 142 valence electrons. The molecule has 7 nitrogen and oxygen atoms in total. The second-order valence-electron chi connectivity index (χ2n) is 6.01. The van der Waals surface area contributed by atoms with E-state index in [0.717, 1.165) is 29.7 Å². The first-order chi connectivity index (χ1) is 12.3. The van der Waals surface area contributed by atoms with Gasteiger partial charge >= 0.3 is 0 Å². The summed E-state index contributed by atoms with van der Waals surface area (Å²) < 4.78 is 32.0. The van der Waals surface area contributed by atoms with E-state index in [9.17, 15) is 13.2 Å². The average Bonchev–Trinajstić information content (AvgIpc) is 2.94. The zero-order chi connectivity index (χ0) is 19.3. The number of nitrogens with one attached hydrogen (secondary N) is 2. The quantitative estimate of drug-likeness (QED) is 0.734. The molecule has 1 aromatic carbocycles. The molecule has 0 aliphatic rings. The van der Waals surface area contributed by atoms with Crippen LogP contribution in [0.4, 0.5) is 5.69 Å². The van der Waals surface area contributed by atoms with Gasteiger partial charge in [-0.05, 0) is 37.8 Å². The number of carbonyl (C=O) groups is 1. The summed E-state index contributed by atoms with van der Waals surface area (Å²) in [6.07, 6.45) is 1.65. The largest absolute Gasteiger partial charge is 0.360 e. The van der Waals surface area contributed by atoms with Crippen molar-refractivity contribution >= 4 is 21.6 Å². The highest BCUT2D eigenvalue weighted by atomic mass is 32.2. The Balaban J connectivity index is 2.00. The summed E-state index contributed by atoms with van der Waals surface area (Å²) in [6, 6.07) is 5.94. The van der Waals surface area contributed by atoms with Gasteiger partial charge in [-0.3, -0.25) is 4.79 Å². The molecule has 0 spiro atoms. The van der Waals surface area contributed by atoms with E-state index in [-0.39, 0.29) is 29.5 Å². The number of sulfonamides is 1. The van der Waals surface area contributed by atoms with Crippen molar-refractivity contribution in [1.82, 2.24) is 9.88 Å². The number of benzene rings is 1. The molecule has 1 heterocycles. The molecule has 0 aliphatic heterocycles. The molecule has 0 fully saturated rings. The Morgan fingerprint density at radius 1 is 1.15 bits per heavy atom. The van der Waals surface area contributed by atoms with E-state index >= 15 is 0 Å². The van der Waals surface area contributed by atoms with Gasteiger partial charge in [0.2, 0.25) is 15.9 Å². The Labute approximate surface area is 154 Å². The zero-order valence-corrected chi connectivity index (χ0v) is 16.4. The Kier molecular flexibility index (Phi) is 6.55. The van der Waals surface area contributed by atoms with E-state index in [2.05, 4.69) is 15.2 Å². The molecule has 2 aromatic rings. The number of carbonyl (C=O) groups excluding carboxylic acids is 1. The minimum Gasteiger partial charge on any atom is -0.360 e. The Morgan fingerprint density at radius 3 is 2.27 bits per heavy atom. The van der Waals surface area contributed by atoms with Crippen LogP contribution in [0.2, 0.25) is 0 Å². The van der Waals surface area contributed by atoms with Crippen LogP contribution in [0.15, 0.2) is 27.6 Å². The second-order valence-corrected chi connectivity index (χ2v) is 7.71. The summed E-state index contributed by atoms with van der Waals surface area (Å²) >= 11 is 0. The smallest absolute Gasteiger partial charge is 0.245 e. The van der Waals surface area contributed by atoms with Crippen LogP contribution < -0.4 is 10.0 Å². The van der Waals surface area contributed by atoms with Crippen LogP contribution in [0.25, 0.3) is 0 Å². The van der Waals surface area contributed by atoms with Crippen molar-refractivity contribution in [3.8, 4) is 0 Å². The fourth-order valence-electron chi connectivity index (χ4n) is 2.83. The number of anilines is 1. The first-order valence-corrected chi connectivity index (χ1v) is 10.1. The minimum atomic E-state index is -3.76. The number of hydrogen-bond acceptors (Lipinski definition) is 5. The molecule has 0 bridgehead atoms. The average molecular weight is 379 g/mol. The van der Waals surface area contributed by atoms with Gasteiger partial charge in [-0.1, -0.05) is 37.2 Å². The van der Waals surface area contributed by atoms with Gasteiger partial charge in [-0.25, -0.2) is 13.1 Å². The number of amides is 1. The number of nitrogens with zero attached hydrogens (tertiary/aromatic N) is 1. The fraction of sp³-hybridized carbons (Fsp3) is 0.444. The van der Waals surface area contributed by atoms with E-state index < -0.39 is 10.0 Å². The van der Waals surface area contributed by atoms with Crippen molar-refractivity contribution < 1.29 is 17.7 Å². The lowest BCUT2D eigenvalue weighted by Crippen LogP contribution is -2.28. The molecule has 26 heavy (non-hydrogen) atoms. The maximum absolute atomic E-state index is 12.3. The third-order valence-corrected chi connectivity index (χ3v) is 5.85. The standard InChI is InChI=1S/C18H25N3O4S/c1-5-14-8-7-9-15(6-2)17(14)20-16(22)10-11-19-26(23,24)18-12(3)21-25-13(18)4/h7-9,19H,5-6,10-11H2,1-4H3,(H,20,22). The summed E-state index contributed by atoms with van der Waals surface area (Å²) in [7, 11) is -3.76. The van der Waals surface area contributed by atoms with Gasteiger partial charge in [0, 0.05) is 18.7 Å². The summed E-state index contributed by atoms with van der Waals surface area (Å²) in [5.41, 5.74) is 3.25. The predicted molar refractivity (Wildman–Crippen MR) is 99.6 cm³/mol. The highest BCUT2D eigenvalue weighted by molar-refractivity contribution is 7.89. The fourth-order valence-corrected chi connectivity index (χ4v) is 4.19. The topological polar surface area (TPSA) is 101 Å². The number of para-hydroxylation sites is 1. The predicted octanol–water partition coefficient (Wildman–Crippen LogP) is 2.72. The van der Waals surface area contributed by atoms with Gasteiger partial charge in [0.25, 0.3) is 0 Å². The van der Waals surface area contributed by atoms with Gasteiger partial charge in [0.15, 0.2) is 5.76 Å². The minimum absolute atomic E-state index is 0.00598. The summed E-state index contributed by atoms with van der Waals surface area (Å²) in [6.45, 7) is 7.15. The number of aryl methyl sites for hydroxylation is 4. The first kappa shape index (κ1) is 20.1. The van der Waals surface area contributed by atoms with Crippen molar-refractivity contribution in [1.29, 1.82) is 0 Å². The normalized spacial score (nSPS) is 11.5. The lowest BCUT2D eigenvalue weighted by Gasteiger charge is -2.14.